The summed E-state index contributed by atoms with van der Waals surface area (Å²) in [6.07, 6.45) is -1.03. The Labute approximate surface area is 112 Å². The average molecular weight is 309 g/mol. The molecule has 0 aliphatic rings. The maximum atomic E-state index is 9.58. The molecular weight excluding hydrogens is 303 g/mol. The van der Waals surface area contributed by atoms with E-state index in [0.29, 0.717) is 0 Å². The van der Waals surface area contributed by atoms with Crippen LogP contribution >= 0.6 is 58.0 Å². The van der Waals surface area contributed by atoms with E-state index < -0.39 is 6.10 Å². The molecule has 1 rings (SSSR count). The van der Waals surface area contributed by atoms with E-state index >= 15 is 0 Å². The predicted octanol–water partition coefficient (Wildman–Crippen LogP) is 3.95. The lowest BCUT2D eigenvalue weighted by Crippen LogP contribution is -2.13. The summed E-state index contributed by atoms with van der Waals surface area (Å²) in [4.78, 5) is 0. The van der Waals surface area contributed by atoms with Crippen molar-refractivity contribution in [3.63, 3.8) is 0 Å². The van der Waals surface area contributed by atoms with Crippen molar-refractivity contribution in [2.45, 2.75) is 6.10 Å². The number of hydrogen-bond donors (Lipinski definition) is 2. The minimum absolute atomic E-state index is 0.0479. The summed E-state index contributed by atoms with van der Waals surface area (Å²) in [5, 5.41) is 9.86. The molecule has 0 bridgehead atoms. The molecule has 7 heteroatoms. The highest BCUT2D eigenvalue weighted by atomic mass is 35.5. The molecule has 0 aliphatic carbocycles. The number of rotatable bonds is 2. The van der Waals surface area contributed by atoms with Crippen molar-refractivity contribution in [3.8, 4) is 0 Å². The topological polar surface area (TPSA) is 46.2 Å². The van der Waals surface area contributed by atoms with Gasteiger partial charge in [0, 0.05) is 12.1 Å². The Balaban J connectivity index is 3.52. The van der Waals surface area contributed by atoms with Crippen LogP contribution in [0.1, 0.15) is 11.7 Å². The Kier molecular flexibility index (Phi) is 4.81. The molecule has 1 aromatic rings. The van der Waals surface area contributed by atoms with Crippen LogP contribution in [0.25, 0.3) is 0 Å². The maximum Gasteiger partial charge on any atom is 0.0942 e. The van der Waals surface area contributed by atoms with Crippen molar-refractivity contribution in [3.05, 3.63) is 30.7 Å². The summed E-state index contributed by atoms with van der Waals surface area (Å²) in [5.74, 6) is 0. The second kappa shape index (κ2) is 5.28. The molecule has 1 atom stereocenters. The van der Waals surface area contributed by atoms with Gasteiger partial charge in [-0.15, -0.1) is 0 Å². The normalized spacial score (nSPS) is 13.0. The Hall–Kier alpha value is 0.590. The van der Waals surface area contributed by atoms with E-state index in [0.717, 1.165) is 0 Å². The van der Waals surface area contributed by atoms with Crippen molar-refractivity contribution in [2.75, 3.05) is 6.54 Å². The fourth-order valence-electron chi connectivity index (χ4n) is 1.03. The summed E-state index contributed by atoms with van der Waals surface area (Å²) in [5.41, 5.74) is 5.49. The van der Waals surface area contributed by atoms with Gasteiger partial charge >= 0.3 is 0 Å². The van der Waals surface area contributed by atoms with Gasteiger partial charge in [0.05, 0.1) is 31.2 Å². The monoisotopic (exact) mass is 307 g/mol. The summed E-state index contributed by atoms with van der Waals surface area (Å²) in [6.45, 7) is -0.0479. The summed E-state index contributed by atoms with van der Waals surface area (Å²) < 4.78 is 0. The molecular formula is C8H6Cl5NO. The Morgan fingerprint density at radius 2 is 1.20 bits per heavy atom. The molecule has 0 fully saturated rings. The molecule has 0 saturated carbocycles. The molecule has 1 aromatic carbocycles. The number of halogens is 5. The Bertz CT molecular complexity index is 366. The molecule has 1 unspecified atom stereocenters. The van der Waals surface area contributed by atoms with Crippen molar-refractivity contribution in [1.29, 1.82) is 0 Å². The quantitative estimate of drug-likeness (QED) is 0.642. The molecule has 0 radical (unpaired) electrons. The zero-order chi connectivity index (χ0) is 11.7. The SMILES string of the molecule is NCC(O)c1c(Cl)c(Cl)c(Cl)c(Cl)c1Cl. The van der Waals surface area contributed by atoms with Crippen LogP contribution in [0.2, 0.25) is 25.1 Å². The van der Waals surface area contributed by atoms with Crippen LogP contribution in [0.15, 0.2) is 0 Å². The molecule has 0 heterocycles. The van der Waals surface area contributed by atoms with Crippen LogP contribution in [-0.2, 0) is 0 Å². The van der Waals surface area contributed by atoms with Gasteiger partial charge in [-0.2, -0.15) is 0 Å². The number of nitrogens with two attached hydrogens (primary N) is 1. The molecule has 0 amide bonds. The summed E-state index contributed by atoms with van der Waals surface area (Å²) in [6, 6.07) is 0. The van der Waals surface area contributed by atoms with Crippen LogP contribution in [0.3, 0.4) is 0 Å². The van der Waals surface area contributed by atoms with Gasteiger partial charge in [0.2, 0.25) is 0 Å². The van der Waals surface area contributed by atoms with Crippen LogP contribution < -0.4 is 5.73 Å². The maximum absolute atomic E-state index is 9.58. The first-order valence-corrected chi connectivity index (χ1v) is 5.70. The van der Waals surface area contributed by atoms with Gasteiger partial charge in [-0.05, 0) is 0 Å². The second-order valence-corrected chi connectivity index (χ2v) is 4.62. The predicted molar refractivity (Wildman–Crippen MR) is 65.5 cm³/mol. The Morgan fingerprint density at radius 3 is 1.53 bits per heavy atom. The smallest absolute Gasteiger partial charge is 0.0942 e. The lowest BCUT2D eigenvalue weighted by molar-refractivity contribution is 0.187. The van der Waals surface area contributed by atoms with E-state index in [4.69, 9.17) is 63.7 Å². The molecule has 84 valence electrons. The molecule has 15 heavy (non-hydrogen) atoms. The van der Waals surface area contributed by atoms with Crippen molar-refractivity contribution < 1.29 is 5.11 Å². The summed E-state index contributed by atoms with van der Waals surface area (Å²) >= 11 is 29.1. The third kappa shape index (κ3) is 2.47. The first-order chi connectivity index (χ1) is 6.91. The van der Waals surface area contributed by atoms with Gasteiger partial charge in [0.25, 0.3) is 0 Å². The first kappa shape index (κ1) is 13.7. The van der Waals surface area contributed by atoms with E-state index in [1.165, 1.54) is 0 Å². The van der Waals surface area contributed by atoms with Crippen molar-refractivity contribution in [2.24, 2.45) is 5.73 Å². The van der Waals surface area contributed by atoms with Crippen LogP contribution in [0.5, 0.6) is 0 Å². The first-order valence-electron chi connectivity index (χ1n) is 3.81. The largest absolute Gasteiger partial charge is 0.387 e. The third-order valence-electron chi connectivity index (χ3n) is 1.80. The van der Waals surface area contributed by atoms with Gasteiger partial charge < -0.3 is 10.8 Å². The number of hydrogen-bond acceptors (Lipinski definition) is 2. The number of aliphatic hydroxyl groups excluding tert-OH is 1. The van der Waals surface area contributed by atoms with Crippen LogP contribution in [-0.4, -0.2) is 11.7 Å². The van der Waals surface area contributed by atoms with Gasteiger partial charge in [-0.25, -0.2) is 0 Å². The van der Waals surface area contributed by atoms with Crippen LogP contribution in [0.4, 0.5) is 0 Å². The van der Waals surface area contributed by atoms with Gasteiger partial charge in [-0.3, -0.25) is 0 Å². The molecule has 0 saturated heterocycles. The van der Waals surface area contributed by atoms with Crippen molar-refractivity contribution in [1.82, 2.24) is 0 Å². The fourth-order valence-corrected chi connectivity index (χ4v) is 2.44. The van der Waals surface area contributed by atoms with E-state index in [1.807, 2.05) is 0 Å². The van der Waals surface area contributed by atoms with E-state index in [2.05, 4.69) is 0 Å². The number of benzene rings is 1. The van der Waals surface area contributed by atoms with Gasteiger partial charge in [0.1, 0.15) is 0 Å². The standard InChI is InChI=1S/C8H6Cl5NO/c9-4-3(2(15)1-14)5(10)7(12)8(13)6(4)11/h2,15H,1,14H2. The van der Waals surface area contributed by atoms with Crippen LogP contribution in [0, 0.1) is 0 Å². The lowest BCUT2D eigenvalue weighted by Gasteiger charge is -2.15. The molecule has 0 spiro atoms. The average Bonchev–Trinajstić information content (AvgIpc) is 2.23. The minimum atomic E-state index is -1.03. The van der Waals surface area contributed by atoms with E-state index in [-0.39, 0.29) is 37.2 Å². The highest BCUT2D eigenvalue weighted by Gasteiger charge is 2.23. The fraction of sp³-hybridized carbons (Fsp3) is 0.250. The minimum Gasteiger partial charge on any atom is -0.387 e. The highest BCUT2D eigenvalue weighted by molar-refractivity contribution is 6.55. The van der Waals surface area contributed by atoms with Gasteiger partial charge in [0.15, 0.2) is 0 Å². The summed E-state index contributed by atoms with van der Waals surface area (Å²) in [7, 11) is 0. The Morgan fingerprint density at radius 1 is 0.867 bits per heavy atom. The molecule has 3 N–H and O–H groups in total. The third-order valence-corrected chi connectivity index (χ3v) is 4.11. The van der Waals surface area contributed by atoms with Crippen molar-refractivity contribution >= 4 is 58.0 Å². The zero-order valence-electron chi connectivity index (χ0n) is 7.20. The molecule has 0 aromatic heterocycles. The lowest BCUT2D eigenvalue weighted by atomic mass is 10.1. The molecule has 2 nitrogen and oxygen atoms in total. The molecule has 0 aliphatic heterocycles. The van der Waals surface area contributed by atoms with Gasteiger partial charge in [-0.1, -0.05) is 58.0 Å². The van der Waals surface area contributed by atoms with E-state index in [9.17, 15) is 5.11 Å². The van der Waals surface area contributed by atoms with E-state index in [1.54, 1.807) is 0 Å². The highest BCUT2D eigenvalue weighted by Crippen LogP contribution is 2.45. The second-order valence-electron chi connectivity index (χ2n) is 2.74. The zero-order valence-corrected chi connectivity index (χ0v) is 11.0. The number of aliphatic hydroxyl groups is 1.